The lowest BCUT2D eigenvalue weighted by molar-refractivity contribution is 0.364. The number of benzene rings is 3. The van der Waals surface area contributed by atoms with Crippen LogP contribution in [0.3, 0.4) is 0 Å². The summed E-state index contributed by atoms with van der Waals surface area (Å²) < 4.78 is 9.01. The molecule has 1 aliphatic carbocycles. The van der Waals surface area contributed by atoms with E-state index in [1.165, 1.54) is 33.0 Å². The second-order valence-corrected chi connectivity index (χ2v) is 10.0. The van der Waals surface area contributed by atoms with E-state index in [1.807, 2.05) is 18.5 Å². The number of fused-ring (bicyclic) bond motifs is 10. The van der Waals surface area contributed by atoms with Crippen molar-refractivity contribution in [1.82, 2.24) is 9.55 Å². The first-order chi connectivity index (χ1) is 17.6. The molecular formula is C33H26N2O. The van der Waals surface area contributed by atoms with E-state index in [2.05, 4.69) is 109 Å². The molecule has 0 N–H and O–H groups in total. The number of hydrogen-bond acceptors (Lipinski definition) is 2. The second-order valence-electron chi connectivity index (χ2n) is 10.0. The van der Waals surface area contributed by atoms with Gasteiger partial charge < -0.3 is 9.30 Å². The number of rotatable bonds is 1. The summed E-state index contributed by atoms with van der Waals surface area (Å²) >= 11 is 0. The Kier molecular flexibility index (Phi) is 4.40. The van der Waals surface area contributed by atoms with Crippen LogP contribution in [0, 0.1) is 0 Å². The van der Waals surface area contributed by atoms with Gasteiger partial charge in [0, 0.05) is 39.8 Å². The molecule has 0 spiro atoms. The van der Waals surface area contributed by atoms with Crippen LogP contribution in [0.5, 0.6) is 5.75 Å². The summed E-state index contributed by atoms with van der Waals surface area (Å²) in [5.41, 5.74) is 10.3. The van der Waals surface area contributed by atoms with Crippen molar-refractivity contribution in [2.24, 2.45) is 0 Å². The molecule has 3 heteroatoms. The number of nitrogens with zero attached hydrogens (tertiary/aromatic N) is 2. The van der Waals surface area contributed by atoms with Gasteiger partial charge in [-0.15, -0.1) is 0 Å². The quantitative estimate of drug-likeness (QED) is 0.250. The Labute approximate surface area is 210 Å². The molecule has 0 bridgehead atoms. The van der Waals surface area contributed by atoms with Crippen LogP contribution in [0.1, 0.15) is 30.5 Å². The zero-order valence-corrected chi connectivity index (χ0v) is 20.5. The smallest absolute Gasteiger partial charge is 0.152 e. The summed E-state index contributed by atoms with van der Waals surface area (Å²) in [4.78, 5) is 4.28. The first-order valence-electron chi connectivity index (χ1n) is 12.4. The number of ether oxygens (including phenoxy) is 1. The summed E-state index contributed by atoms with van der Waals surface area (Å²) in [7, 11) is 0. The molecule has 1 aliphatic heterocycles. The highest BCUT2D eigenvalue weighted by atomic mass is 16.5. The minimum atomic E-state index is -0.203. The molecule has 5 aromatic rings. The molecule has 3 heterocycles. The average molecular weight is 467 g/mol. The zero-order valence-electron chi connectivity index (χ0n) is 20.5. The number of aromatic nitrogens is 2. The maximum atomic E-state index is 6.68. The van der Waals surface area contributed by atoms with Crippen LogP contribution in [0.2, 0.25) is 0 Å². The van der Waals surface area contributed by atoms with E-state index in [-0.39, 0.29) is 5.41 Å². The van der Waals surface area contributed by atoms with Crippen molar-refractivity contribution in [3.63, 3.8) is 0 Å². The summed E-state index contributed by atoms with van der Waals surface area (Å²) in [6, 6.07) is 21.6. The molecule has 0 atom stereocenters. The van der Waals surface area contributed by atoms with Crippen molar-refractivity contribution in [3.8, 4) is 22.6 Å². The van der Waals surface area contributed by atoms with Crippen molar-refractivity contribution >= 4 is 27.4 Å². The maximum absolute atomic E-state index is 6.68. The molecule has 0 amide bonds. The van der Waals surface area contributed by atoms with Gasteiger partial charge in [-0.05, 0) is 52.1 Å². The van der Waals surface area contributed by atoms with Gasteiger partial charge in [0.15, 0.2) is 5.75 Å². The lowest BCUT2D eigenvalue weighted by Crippen LogP contribution is -2.18. The van der Waals surface area contributed by atoms with E-state index in [0.717, 1.165) is 33.6 Å². The first-order valence-corrected chi connectivity index (χ1v) is 12.4. The van der Waals surface area contributed by atoms with Gasteiger partial charge >= 0.3 is 0 Å². The normalized spacial score (nSPS) is 17.4. The Morgan fingerprint density at radius 3 is 2.56 bits per heavy atom. The minimum absolute atomic E-state index is 0.203. The summed E-state index contributed by atoms with van der Waals surface area (Å²) in [6.45, 7) is 9.69. The molecule has 0 saturated heterocycles. The monoisotopic (exact) mass is 466 g/mol. The molecule has 36 heavy (non-hydrogen) atoms. The molecule has 0 unspecified atom stereocenters. The first kappa shape index (κ1) is 21.0. The number of para-hydroxylation sites is 1. The van der Waals surface area contributed by atoms with E-state index >= 15 is 0 Å². The molecule has 7 rings (SSSR count). The molecule has 174 valence electrons. The van der Waals surface area contributed by atoms with E-state index < -0.39 is 0 Å². The average Bonchev–Trinajstić information content (AvgIpc) is 3.38. The van der Waals surface area contributed by atoms with Gasteiger partial charge in [-0.25, -0.2) is 0 Å². The molecule has 2 aliphatic rings. The third kappa shape index (κ3) is 2.71. The second kappa shape index (κ2) is 7.56. The largest absolute Gasteiger partial charge is 0.487 e. The number of allylic oxidation sites excluding steroid dienone is 4. The lowest BCUT2D eigenvalue weighted by atomic mass is 9.78. The van der Waals surface area contributed by atoms with Crippen LogP contribution in [0.25, 0.3) is 44.2 Å². The van der Waals surface area contributed by atoms with Gasteiger partial charge in [0.25, 0.3) is 0 Å². The Bertz CT molecular complexity index is 1770. The van der Waals surface area contributed by atoms with Crippen LogP contribution in [-0.4, -0.2) is 16.2 Å². The van der Waals surface area contributed by atoms with Gasteiger partial charge in [0.05, 0.1) is 11.0 Å². The van der Waals surface area contributed by atoms with Crippen molar-refractivity contribution in [1.29, 1.82) is 0 Å². The van der Waals surface area contributed by atoms with Crippen LogP contribution in [-0.2, 0) is 5.41 Å². The Morgan fingerprint density at radius 1 is 0.917 bits per heavy atom. The van der Waals surface area contributed by atoms with Gasteiger partial charge in [0.1, 0.15) is 6.61 Å². The standard InChI is InChI=1S/C33H26N2O/c1-21-11-5-4-10-20-36-32-27(21)30-28(23-12-6-8-14-25(23)33(30,2)3)29-24-13-7-9-15-26(24)35(31(29)32)22-16-18-34-19-17-22/h4-19H,1,20H2,2-3H3/b10-4-,11-5-. The predicted octanol–water partition coefficient (Wildman–Crippen LogP) is 8.00. The maximum Gasteiger partial charge on any atom is 0.152 e. The molecule has 0 saturated carbocycles. The van der Waals surface area contributed by atoms with Crippen molar-refractivity contribution in [2.45, 2.75) is 19.3 Å². The predicted molar refractivity (Wildman–Crippen MR) is 149 cm³/mol. The van der Waals surface area contributed by atoms with Crippen LogP contribution >= 0.6 is 0 Å². The van der Waals surface area contributed by atoms with E-state index in [0.29, 0.717) is 6.61 Å². The van der Waals surface area contributed by atoms with Crippen LogP contribution in [0.4, 0.5) is 0 Å². The molecule has 2 aromatic heterocycles. The topological polar surface area (TPSA) is 27.1 Å². The van der Waals surface area contributed by atoms with Crippen LogP contribution < -0.4 is 4.74 Å². The van der Waals surface area contributed by atoms with Crippen molar-refractivity contribution < 1.29 is 4.74 Å². The van der Waals surface area contributed by atoms with E-state index in [1.54, 1.807) is 0 Å². The fraction of sp³-hybridized carbons (Fsp3) is 0.121. The van der Waals surface area contributed by atoms with Gasteiger partial charge in [-0.1, -0.05) is 81.1 Å². The fourth-order valence-electron chi connectivity index (χ4n) is 6.19. The molecule has 3 nitrogen and oxygen atoms in total. The Balaban J connectivity index is 1.80. The van der Waals surface area contributed by atoms with E-state index in [9.17, 15) is 0 Å². The summed E-state index contributed by atoms with van der Waals surface area (Å²) in [5.74, 6) is 0.888. The Hall–Kier alpha value is -4.37. The third-order valence-corrected chi connectivity index (χ3v) is 7.67. The highest BCUT2D eigenvalue weighted by Gasteiger charge is 2.42. The highest BCUT2D eigenvalue weighted by Crippen LogP contribution is 2.58. The zero-order chi connectivity index (χ0) is 24.4. The van der Waals surface area contributed by atoms with Crippen molar-refractivity contribution in [3.05, 3.63) is 121 Å². The SMILES string of the molecule is C=C1/C=C\C=C/COc2c1c1c(c3c4ccccc4n(-c4ccncc4)c23)-c2ccccc2C1(C)C. The van der Waals surface area contributed by atoms with Gasteiger partial charge in [0.2, 0.25) is 0 Å². The summed E-state index contributed by atoms with van der Waals surface area (Å²) in [5, 5.41) is 2.45. The highest BCUT2D eigenvalue weighted by molar-refractivity contribution is 6.21. The molecule has 0 radical (unpaired) electrons. The molecular weight excluding hydrogens is 440 g/mol. The van der Waals surface area contributed by atoms with Gasteiger partial charge in [-0.3, -0.25) is 4.98 Å². The van der Waals surface area contributed by atoms with Crippen molar-refractivity contribution in [2.75, 3.05) is 6.61 Å². The van der Waals surface area contributed by atoms with Crippen LogP contribution in [0.15, 0.2) is 104 Å². The minimum Gasteiger partial charge on any atom is -0.487 e. The number of pyridine rings is 1. The molecule has 0 fully saturated rings. The Morgan fingerprint density at radius 2 is 1.69 bits per heavy atom. The fourth-order valence-corrected chi connectivity index (χ4v) is 6.19. The van der Waals surface area contributed by atoms with E-state index in [4.69, 9.17) is 4.74 Å². The third-order valence-electron chi connectivity index (χ3n) is 7.67. The lowest BCUT2D eigenvalue weighted by Gasteiger charge is -2.27. The molecule has 3 aromatic carbocycles. The van der Waals surface area contributed by atoms with Gasteiger partial charge in [-0.2, -0.15) is 0 Å². The summed E-state index contributed by atoms with van der Waals surface area (Å²) in [6.07, 6.45) is 12.0. The number of hydrogen-bond donors (Lipinski definition) is 0.